The van der Waals surface area contributed by atoms with E-state index < -0.39 is 0 Å². The van der Waals surface area contributed by atoms with Gasteiger partial charge >= 0.3 is 0 Å². The molecule has 0 saturated heterocycles. The number of hydrogen-bond donors (Lipinski definition) is 0. The predicted octanol–water partition coefficient (Wildman–Crippen LogP) is 3.82. The van der Waals surface area contributed by atoms with Crippen molar-refractivity contribution >= 4 is 21.6 Å². The quantitative estimate of drug-likeness (QED) is 0.463. The van der Waals surface area contributed by atoms with Crippen LogP contribution in [0.3, 0.4) is 0 Å². The van der Waals surface area contributed by atoms with E-state index in [4.69, 9.17) is 0 Å². The standard InChI is InChI=1S/C8H18S2/c1-5-8(3,4)7-10-9-6-2/h5-7H2,1-4H3. The molecule has 0 atom stereocenters. The third kappa shape index (κ3) is 5.48. The van der Waals surface area contributed by atoms with Crippen LogP contribution in [0.2, 0.25) is 0 Å². The maximum Gasteiger partial charge on any atom is 0.00882 e. The predicted molar refractivity (Wildman–Crippen MR) is 54.7 cm³/mol. The molecule has 0 bridgehead atoms. The van der Waals surface area contributed by atoms with Crippen molar-refractivity contribution in [3.05, 3.63) is 0 Å². The van der Waals surface area contributed by atoms with E-state index in [0.29, 0.717) is 5.41 Å². The Balaban J connectivity index is 3.28. The van der Waals surface area contributed by atoms with E-state index in [1.165, 1.54) is 17.9 Å². The second-order valence-corrected chi connectivity index (χ2v) is 5.94. The highest BCUT2D eigenvalue weighted by atomic mass is 33.1. The van der Waals surface area contributed by atoms with Crippen LogP contribution in [0.5, 0.6) is 0 Å². The van der Waals surface area contributed by atoms with E-state index in [-0.39, 0.29) is 0 Å². The van der Waals surface area contributed by atoms with Crippen molar-refractivity contribution in [2.45, 2.75) is 34.1 Å². The van der Waals surface area contributed by atoms with Gasteiger partial charge in [-0.3, -0.25) is 0 Å². The largest absolute Gasteiger partial charge is 0.0944 e. The molecule has 0 aromatic heterocycles. The molecule has 0 fully saturated rings. The van der Waals surface area contributed by atoms with Crippen molar-refractivity contribution in [1.82, 2.24) is 0 Å². The van der Waals surface area contributed by atoms with Gasteiger partial charge in [-0.15, -0.1) is 0 Å². The van der Waals surface area contributed by atoms with E-state index in [9.17, 15) is 0 Å². The minimum absolute atomic E-state index is 0.535. The smallest absolute Gasteiger partial charge is 0.00882 e. The number of rotatable bonds is 5. The van der Waals surface area contributed by atoms with Crippen LogP contribution >= 0.6 is 21.6 Å². The summed E-state index contributed by atoms with van der Waals surface area (Å²) < 4.78 is 0. The summed E-state index contributed by atoms with van der Waals surface area (Å²) in [6, 6.07) is 0. The molecule has 0 aromatic rings. The lowest BCUT2D eigenvalue weighted by molar-refractivity contribution is 0.408. The van der Waals surface area contributed by atoms with Gasteiger partial charge in [0.2, 0.25) is 0 Å². The first-order valence-corrected chi connectivity index (χ1v) is 6.35. The maximum atomic E-state index is 2.33. The molecular weight excluding hydrogens is 160 g/mol. The second-order valence-electron chi connectivity index (χ2n) is 3.19. The Morgan fingerprint density at radius 2 is 1.70 bits per heavy atom. The van der Waals surface area contributed by atoms with Crippen LogP contribution in [0, 0.1) is 5.41 Å². The molecular formula is C8H18S2. The van der Waals surface area contributed by atoms with Crippen molar-refractivity contribution in [1.29, 1.82) is 0 Å². The van der Waals surface area contributed by atoms with E-state index >= 15 is 0 Å². The zero-order chi connectivity index (χ0) is 8.04. The van der Waals surface area contributed by atoms with Gasteiger partial charge in [-0.05, 0) is 5.41 Å². The Morgan fingerprint density at radius 1 is 1.10 bits per heavy atom. The Labute approximate surface area is 72.9 Å². The molecule has 2 heteroatoms. The van der Waals surface area contributed by atoms with Gasteiger partial charge in [-0.25, -0.2) is 0 Å². The molecule has 0 unspecified atom stereocenters. The lowest BCUT2D eigenvalue weighted by Gasteiger charge is -2.20. The van der Waals surface area contributed by atoms with Gasteiger partial charge in [0, 0.05) is 11.5 Å². The van der Waals surface area contributed by atoms with E-state index in [1.54, 1.807) is 0 Å². The van der Waals surface area contributed by atoms with Gasteiger partial charge in [0.15, 0.2) is 0 Å². The minimum atomic E-state index is 0.535. The molecule has 10 heavy (non-hydrogen) atoms. The molecule has 0 aliphatic carbocycles. The summed E-state index contributed by atoms with van der Waals surface area (Å²) in [6.07, 6.45) is 1.28. The molecule has 0 radical (unpaired) electrons. The highest BCUT2D eigenvalue weighted by Crippen LogP contribution is 2.31. The average Bonchev–Trinajstić information content (AvgIpc) is 1.89. The molecule has 0 amide bonds. The fourth-order valence-electron chi connectivity index (χ4n) is 0.387. The van der Waals surface area contributed by atoms with Crippen molar-refractivity contribution in [3.8, 4) is 0 Å². The van der Waals surface area contributed by atoms with Crippen LogP contribution in [-0.2, 0) is 0 Å². The van der Waals surface area contributed by atoms with Gasteiger partial charge in [0.05, 0.1) is 0 Å². The second kappa shape index (κ2) is 5.36. The first-order valence-electron chi connectivity index (χ1n) is 3.87. The summed E-state index contributed by atoms with van der Waals surface area (Å²) in [7, 11) is 3.97. The van der Waals surface area contributed by atoms with E-state index in [2.05, 4.69) is 27.7 Å². The summed E-state index contributed by atoms with van der Waals surface area (Å²) in [5, 5.41) is 0. The fourth-order valence-corrected chi connectivity index (χ4v) is 2.87. The van der Waals surface area contributed by atoms with Crippen molar-refractivity contribution in [2.75, 3.05) is 11.5 Å². The van der Waals surface area contributed by atoms with E-state index in [0.717, 1.165) is 0 Å². The van der Waals surface area contributed by atoms with Crippen LogP contribution < -0.4 is 0 Å². The molecule has 0 nitrogen and oxygen atoms in total. The van der Waals surface area contributed by atoms with E-state index in [1.807, 2.05) is 21.6 Å². The molecule has 0 heterocycles. The topological polar surface area (TPSA) is 0 Å². The first-order chi connectivity index (χ1) is 4.62. The monoisotopic (exact) mass is 178 g/mol. The Morgan fingerprint density at radius 3 is 2.10 bits per heavy atom. The third-order valence-electron chi connectivity index (χ3n) is 1.61. The van der Waals surface area contributed by atoms with Gasteiger partial charge in [0.1, 0.15) is 0 Å². The Hall–Kier alpha value is 0.700. The van der Waals surface area contributed by atoms with Crippen molar-refractivity contribution in [3.63, 3.8) is 0 Å². The van der Waals surface area contributed by atoms with Crippen LogP contribution in [0.25, 0.3) is 0 Å². The van der Waals surface area contributed by atoms with Gasteiger partial charge in [0.25, 0.3) is 0 Å². The maximum absolute atomic E-state index is 2.33. The summed E-state index contributed by atoms with van der Waals surface area (Å²) in [4.78, 5) is 0. The average molecular weight is 178 g/mol. The molecule has 0 aromatic carbocycles. The van der Waals surface area contributed by atoms with Crippen LogP contribution in [0.4, 0.5) is 0 Å². The molecule has 0 spiro atoms. The number of hydrogen-bond acceptors (Lipinski definition) is 2. The van der Waals surface area contributed by atoms with Gasteiger partial charge in [-0.2, -0.15) is 0 Å². The zero-order valence-electron chi connectivity index (χ0n) is 7.44. The zero-order valence-corrected chi connectivity index (χ0v) is 9.07. The summed E-state index contributed by atoms with van der Waals surface area (Å²) in [5.41, 5.74) is 0.535. The summed E-state index contributed by atoms with van der Waals surface area (Å²) in [5.74, 6) is 2.51. The highest BCUT2D eigenvalue weighted by molar-refractivity contribution is 8.76. The third-order valence-corrected chi connectivity index (χ3v) is 4.47. The lowest BCUT2D eigenvalue weighted by Crippen LogP contribution is -2.11. The fraction of sp³-hybridized carbons (Fsp3) is 1.00. The normalized spacial score (nSPS) is 12.0. The molecule has 0 aliphatic rings. The van der Waals surface area contributed by atoms with Crippen LogP contribution in [-0.4, -0.2) is 11.5 Å². The molecule has 62 valence electrons. The summed E-state index contributed by atoms with van der Waals surface area (Å²) >= 11 is 0. The van der Waals surface area contributed by atoms with Crippen LogP contribution in [0.15, 0.2) is 0 Å². The molecule has 0 saturated carbocycles. The Bertz CT molecular complexity index is 79.3. The Kier molecular flexibility index (Phi) is 5.74. The molecule has 0 N–H and O–H groups in total. The van der Waals surface area contributed by atoms with Crippen LogP contribution in [0.1, 0.15) is 34.1 Å². The lowest BCUT2D eigenvalue weighted by atomic mass is 9.93. The minimum Gasteiger partial charge on any atom is -0.0944 e. The van der Waals surface area contributed by atoms with Crippen molar-refractivity contribution in [2.24, 2.45) is 5.41 Å². The van der Waals surface area contributed by atoms with Crippen molar-refractivity contribution < 1.29 is 0 Å². The molecule has 0 aliphatic heterocycles. The SMILES string of the molecule is CCSSCC(C)(C)CC. The van der Waals surface area contributed by atoms with Gasteiger partial charge in [-0.1, -0.05) is 55.7 Å². The molecule has 0 rings (SSSR count). The highest BCUT2D eigenvalue weighted by Gasteiger charge is 2.14. The summed E-state index contributed by atoms with van der Waals surface area (Å²) in [6.45, 7) is 9.13. The van der Waals surface area contributed by atoms with Gasteiger partial charge < -0.3 is 0 Å². The first kappa shape index (κ1) is 10.7.